The summed E-state index contributed by atoms with van der Waals surface area (Å²) in [6, 6.07) is 9.72. The molecule has 0 unspecified atom stereocenters. The average molecular weight is 350 g/mol. The lowest BCUT2D eigenvalue weighted by Gasteiger charge is -2.30. The lowest BCUT2D eigenvalue weighted by atomic mass is 9.99. The van der Waals surface area contributed by atoms with Crippen molar-refractivity contribution in [3.05, 3.63) is 35.9 Å². The highest BCUT2D eigenvalue weighted by atomic mass is 32.2. The summed E-state index contributed by atoms with van der Waals surface area (Å²) in [5.74, 6) is -0.0647. The third-order valence-corrected chi connectivity index (χ3v) is 6.14. The van der Waals surface area contributed by atoms with Crippen LogP contribution in [0.1, 0.15) is 24.8 Å². The maximum absolute atomic E-state index is 12.3. The fraction of sp³-hybridized carbons (Fsp3) is 0.529. The van der Waals surface area contributed by atoms with Crippen molar-refractivity contribution in [1.82, 2.24) is 10.2 Å². The van der Waals surface area contributed by atoms with Gasteiger partial charge >= 0.3 is 12.0 Å². The zero-order chi connectivity index (χ0) is 17.1. The molecule has 2 aliphatic rings. The van der Waals surface area contributed by atoms with Crippen molar-refractivity contribution in [3.8, 4) is 0 Å². The third kappa shape index (κ3) is 3.67. The number of fused-ring (bicyclic) bond motifs is 1. The highest BCUT2D eigenvalue weighted by Crippen LogP contribution is 2.38. The molecule has 0 aliphatic carbocycles. The third-order valence-electron chi connectivity index (χ3n) is 4.61. The van der Waals surface area contributed by atoms with Gasteiger partial charge in [-0.15, -0.1) is 0 Å². The Labute approximate surface area is 145 Å². The number of aliphatic hydroxyl groups is 1. The maximum Gasteiger partial charge on any atom is 0.318 e. The molecule has 1 aromatic carbocycles. The number of urea groups is 1. The zero-order valence-corrected chi connectivity index (χ0v) is 14.1. The van der Waals surface area contributed by atoms with Gasteiger partial charge in [-0.1, -0.05) is 30.3 Å². The second-order valence-corrected chi connectivity index (χ2v) is 7.52. The number of rotatable bonds is 7. The predicted molar refractivity (Wildman–Crippen MR) is 91.8 cm³/mol. The van der Waals surface area contributed by atoms with Crippen LogP contribution in [0.4, 0.5) is 4.79 Å². The van der Waals surface area contributed by atoms with Crippen LogP contribution in [0.2, 0.25) is 0 Å². The number of hydrogen-bond acceptors (Lipinski definition) is 4. The van der Waals surface area contributed by atoms with Gasteiger partial charge in [0.25, 0.3) is 0 Å². The van der Waals surface area contributed by atoms with E-state index < -0.39 is 12.1 Å². The molecule has 0 aromatic heterocycles. The molecule has 2 heterocycles. The van der Waals surface area contributed by atoms with Crippen molar-refractivity contribution in [2.24, 2.45) is 0 Å². The molecule has 0 bridgehead atoms. The molecule has 3 N–H and O–H groups in total. The first kappa shape index (κ1) is 17.1. The topological polar surface area (TPSA) is 89.9 Å². The molecular weight excluding hydrogens is 328 g/mol. The largest absolute Gasteiger partial charge is 0.481 e. The number of amides is 2. The SMILES string of the molecule is O=C(O)CCC[C@@H](O)[C@@H]1SC[C@@H]2NC(=O)N(Cc3ccccc3)[C@H]12. The van der Waals surface area contributed by atoms with Crippen molar-refractivity contribution < 1.29 is 19.8 Å². The number of carboxylic acid groups (broad SMARTS) is 1. The van der Waals surface area contributed by atoms with E-state index in [-0.39, 0.29) is 29.8 Å². The van der Waals surface area contributed by atoms with Crippen LogP contribution >= 0.6 is 11.8 Å². The van der Waals surface area contributed by atoms with E-state index in [9.17, 15) is 14.7 Å². The van der Waals surface area contributed by atoms with Crippen LogP contribution in [0.15, 0.2) is 30.3 Å². The minimum absolute atomic E-state index is 0.0466. The van der Waals surface area contributed by atoms with Crippen molar-refractivity contribution in [2.45, 2.75) is 49.2 Å². The second kappa shape index (κ2) is 7.44. The van der Waals surface area contributed by atoms with Gasteiger partial charge in [-0.2, -0.15) is 11.8 Å². The number of aliphatic hydroxyl groups excluding tert-OH is 1. The Hall–Kier alpha value is -1.73. The molecular formula is C17H22N2O4S. The van der Waals surface area contributed by atoms with Crippen LogP contribution in [0.5, 0.6) is 0 Å². The monoisotopic (exact) mass is 350 g/mol. The van der Waals surface area contributed by atoms with Crippen LogP contribution in [0, 0.1) is 0 Å². The molecule has 24 heavy (non-hydrogen) atoms. The lowest BCUT2D eigenvalue weighted by Crippen LogP contribution is -2.45. The Morgan fingerprint density at radius 3 is 2.83 bits per heavy atom. The Morgan fingerprint density at radius 2 is 2.12 bits per heavy atom. The lowest BCUT2D eigenvalue weighted by molar-refractivity contribution is -0.137. The molecule has 6 nitrogen and oxygen atoms in total. The van der Waals surface area contributed by atoms with Crippen molar-refractivity contribution in [1.29, 1.82) is 0 Å². The van der Waals surface area contributed by atoms with Crippen LogP contribution in [0.3, 0.4) is 0 Å². The van der Waals surface area contributed by atoms with Gasteiger partial charge < -0.3 is 20.4 Å². The summed E-state index contributed by atoms with van der Waals surface area (Å²) in [5, 5.41) is 22.2. The predicted octanol–water partition coefficient (Wildman–Crippen LogP) is 1.68. The molecule has 2 amide bonds. The number of thioether (sulfide) groups is 1. The zero-order valence-electron chi connectivity index (χ0n) is 13.3. The summed E-state index contributed by atoms with van der Waals surface area (Å²) in [4.78, 5) is 24.8. The molecule has 0 radical (unpaired) electrons. The maximum atomic E-state index is 12.3. The van der Waals surface area contributed by atoms with Gasteiger partial charge in [0.15, 0.2) is 0 Å². The minimum atomic E-state index is -0.845. The van der Waals surface area contributed by atoms with Gasteiger partial charge in [0.05, 0.1) is 23.4 Å². The van der Waals surface area contributed by atoms with E-state index in [2.05, 4.69) is 5.32 Å². The van der Waals surface area contributed by atoms with E-state index >= 15 is 0 Å². The molecule has 7 heteroatoms. The number of carboxylic acids is 1. The fourth-order valence-electron chi connectivity index (χ4n) is 3.46. The quantitative estimate of drug-likeness (QED) is 0.651. The van der Waals surface area contributed by atoms with Gasteiger partial charge in [0, 0.05) is 18.7 Å². The normalized spacial score (nSPS) is 27.0. The first-order valence-electron chi connectivity index (χ1n) is 8.19. The molecule has 130 valence electrons. The van der Waals surface area contributed by atoms with E-state index in [4.69, 9.17) is 5.11 Å². The molecule has 1 aromatic rings. The summed E-state index contributed by atoms with van der Waals surface area (Å²) in [5.41, 5.74) is 1.06. The molecule has 2 aliphatic heterocycles. The van der Waals surface area contributed by atoms with E-state index in [1.807, 2.05) is 35.2 Å². The standard InChI is InChI=1S/C17H22N2O4S/c20-13(7-4-8-14(21)22)16-15-12(10-24-16)18-17(23)19(15)9-11-5-2-1-3-6-11/h1-3,5-6,12-13,15-16,20H,4,7-10H2,(H,18,23)(H,21,22)/t12-,13+,15-,16-/m0/s1. The number of aliphatic carboxylic acids is 1. The van der Waals surface area contributed by atoms with Crippen LogP contribution < -0.4 is 5.32 Å². The number of nitrogens with one attached hydrogen (secondary N) is 1. The van der Waals surface area contributed by atoms with Crippen molar-refractivity contribution in [3.63, 3.8) is 0 Å². The number of nitrogens with zero attached hydrogens (tertiary/aromatic N) is 1. The Bertz CT molecular complexity index is 598. The smallest absolute Gasteiger partial charge is 0.318 e. The van der Waals surface area contributed by atoms with Crippen molar-refractivity contribution >= 4 is 23.8 Å². The average Bonchev–Trinajstić information content (AvgIpc) is 3.08. The Morgan fingerprint density at radius 1 is 1.38 bits per heavy atom. The van der Waals surface area contributed by atoms with Gasteiger partial charge in [0.1, 0.15) is 0 Å². The molecule has 4 atom stereocenters. The highest BCUT2D eigenvalue weighted by Gasteiger charge is 2.50. The number of carbonyl (C=O) groups excluding carboxylic acids is 1. The van der Waals surface area contributed by atoms with Gasteiger partial charge in [-0.05, 0) is 18.4 Å². The molecule has 3 rings (SSSR count). The first-order chi connectivity index (χ1) is 11.6. The van der Waals surface area contributed by atoms with Crippen LogP contribution in [0.25, 0.3) is 0 Å². The number of benzene rings is 1. The first-order valence-corrected chi connectivity index (χ1v) is 9.23. The van der Waals surface area contributed by atoms with Gasteiger partial charge in [0.2, 0.25) is 0 Å². The summed E-state index contributed by atoms with van der Waals surface area (Å²) in [7, 11) is 0. The van der Waals surface area contributed by atoms with Gasteiger partial charge in [-0.3, -0.25) is 4.79 Å². The molecule has 2 saturated heterocycles. The number of hydrogen-bond donors (Lipinski definition) is 3. The van der Waals surface area contributed by atoms with E-state index in [1.165, 1.54) is 0 Å². The van der Waals surface area contributed by atoms with E-state index in [1.54, 1.807) is 11.8 Å². The molecule has 0 saturated carbocycles. The Kier molecular flexibility index (Phi) is 5.30. The summed E-state index contributed by atoms with van der Waals surface area (Å²) in [6.45, 7) is 0.521. The van der Waals surface area contributed by atoms with Crippen LogP contribution in [-0.2, 0) is 11.3 Å². The summed E-state index contributed by atoms with van der Waals surface area (Å²) < 4.78 is 0. The molecule has 2 fully saturated rings. The van der Waals surface area contributed by atoms with Crippen molar-refractivity contribution in [2.75, 3.05) is 5.75 Å². The second-order valence-electron chi connectivity index (χ2n) is 6.31. The van der Waals surface area contributed by atoms with Gasteiger partial charge in [-0.25, -0.2) is 4.79 Å². The van der Waals surface area contributed by atoms with E-state index in [0.29, 0.717) is 19.4 Å². The van der Waals surface area contributed by atoms with E-state index in [0.717, 1.165) is 11.3 Å². The highest BCUT2D eigenvalue weighted by molar-refractivity contribution is 8.00. The minimum Gasteiger partial charge on any atom is -0.481 e. The fourth-order valence-corrected chi connectivity index (χ4v) is 5.06. The van der Waals surface area contributed by atoms with Crippen LogP contribution in [-0.4, -0.2) is 56.3 Å². The summed E-state index contributed by atoms with van der Waals surface area (Å²) in [6.07, 6.45) is 0.356. The number of carbonyl (C=O) groups is 2. The Balaban J connectivity index is 1.67. The summed E-state index contributed by atoms with van der Waals surface area (Å²) >= 11 is 1.66. The molecule has 0 spiro atoms.